The lowest BCUT2D eigenvalue weighted by atomic mass is 10.1. The van der Waals surface area contributed by atoms with Crippen LogP contribution in [0, 0.1) is 0 Å². The van der Waals surface area contributed by atoms with Gasteiger partial charge < -0.3 is 10.0 Å². The van der Waals surface area contributed by atoms with E-state index in [1.807, 2.05) is 6.07 Å². The molecule has 1 saturated heterocycles. The van der Waals surface area contributed by atoms with Gasteiger partial charge in [0.1, 0.15) is 0 Å². The van der Waals surface area contributed by atoms with Crippen molar-refractivity contribution in [3.8, 4) is 0 Å². The van der Waals surface area contributed by atoms with Crippen LogP contribution in [0.1, 0.15) is 43.2 Å². The molecule has 1 N–H and O–H groups in total. The zero-order valence-corrected chi connectivity index (χ0v) is 16.2. The first-order valence-corrected chi connectivity index (χ1v) is 10.9. The van der Waals surface area contributed by atoms with Crippen LogP contribution in [0.5, 0.6) is 0 Å². The molecule has 8 heteroatoms. The minimum Gasteiger partial charge on any atom is -0.481 e. The number of unbranched alkanes of at least 4 members (excludes halogenated alkanes) is 1. The second-order valence-corrected chi connectivity index (χ2v) is 9.11. The highest BCUT2D eigenvalue weighted by molar-refractivity contribution is 7.89. The number of aliphatic carboxylic acids is 1. The molecule has 7 nitrogen and oxygen atoms in total. The summed E-state index contributed by atoms with van der Waals surface area (Å²) in [5.41, 5.74) is 2.37. The van der Waals surface area contributed by atoms with Crippen molar-refractivity contribution in [1.82, 2.24) is 9.21 Å². The molecule has 1 aliphatic carbocycles. The summed E-state index contributed by atoms with van der Waals surface area (Å²) in [6.45, 7) is 1.34. The number of benzene rings is 1. The van der Waals surface area contributed by atoms with Gasteiger partial charge in [0.25, 0.3) is 0 Å². The van der Waals surface area contributed by atoms with Crippen molar-refractivity contribution in [2.45, 2.75) is 49.8 Å². The third-order valence-corrected chi connectivity index (χ3v) is 7.23. The molecule has 27 heavy (non-hydrogen) atoms. The normalized spacial score (nSPS) is 17.7. The van der Waals surface area contributed by atoms with E-state index in [4.69, 9.17) is 5.11 Å². The number of carboxylic acids is 1. The fourth-order valence-corrected chi connectivity index (χ4v) is 5.22. The fraction of sp³-hybridized carbons (Fsp3) is 0.579. The van der Waals surface area contributed by atoms with Crippen molar-refractivity contribution >= 4 is 21.9 Å². The third kappa shape index (κ3) is 4.68. The van der Waals surface area contributed by atoms with E-state index in [0.717, 1.165) is 24.8 Å². The zero-order chi connectivity index (χ0) is 19.4. The summed E-state index contributed by atoms with van der Waals surface area (Å²) in [7, 11) is -3.53. The summed E-state index contributed by atoms with van der Waals surface area (Å²) in [6, 6.07) is 5.42. The van der Waals surface area contributed by atoms with Crippen LogP contribution in [0.4, 0.5) is 0 Å². The van der Waals surface area contributed by atoms with E-state index in [9.17, 15) is 18.0 Å². The molecule has 2 aliphatic rings. The Kier molecular flexibility index (Phi) is 6.16. The molecule has 1 amide bonds. The number of carboxylic acid groups (broad SMARTS) is 1. The van der Waals surface area contributed by atoms with E-state index in [1.165, 1.54) is 9.87 Å². The average Bonchev–Trinajstić information content (AvgIpc) is 3.13. The molecule has 1 aromatic rings. The minimum absolute atomic E-state index is 0.0324. The number of rotatable bonds is 7. The predicted molar refractivity (Wildman–Crippen MR) is 99.9 cm³/mol. The van der Waals surface area contributed by atoms with Gasteiger partial charge in [-0.3, -0.25) is 9.59 Å². The van der Waals surface area contributed by atoms with E-state index >= 15 is 0 Å². The van der Waals surface area contributed by atoms with Gasteiger partial charge in [-0.05, 0) is 55.4 Å². The smallest absolute Gasteiger partial charge is 0.303 e. The number of nitrogens with zero attached hydrogens (tertiary/aromatic N) is 2. The molecule has 0 aromatic heterocycles. The molecule has 3 rings (SSSR count). The maximum atomic E-state index is 12.9. The van der Waals surface area contributed by atoms with Gasteiger partial charge in [0, 0.05) is 39.0 Å². The molecular formula is C19H26N2O5S. The highest BCUT2D eigenvalue weighted by Gasteiger charge is 2.30. The standard InChI is InChI=1S/C19H26N2O5S/c22-18(6-1-2-7-19(23)24)20-10-12-21(13-11-20)27(25,26)17-9-8-15-4-3-5-16(15)14-17/h8-9,14H,1-7,10-13H2,(H,23,24). The lowest BCUT2D eigenvalue weighted by Gasteiger charge is -2.34. The predicted octanol–water partition coefficient (Wildman–Crippen LogP) is 1.65. The Morgan fingerprint density at radius 2 is 1.63 bits per heavy atom. The Morgan fingerprint density at radius 1 is 0.963 bits per heavy atom. The van der Waals surface area contributed by atoms with Crippen LogP contribution in [0.3, 0.4) is 0 Å². The summed E-state index contributed by atoms with van der Waals surface area (Å²) in [4.78, 5) is 24.7. The highest BCUT2D eigenvalue weighted by atomic mass is 32.2. The van der Waals surface area contributed by atoms with Gasteiger partial charge >= 0.3 is 5.97 Å². The molecule has 1 aromatic carbocycles. The monoisotopic (exact) mass is 394 g/mol. The van der Waals surface area contributed by atoms with Crippen LogP contribution in [-0.2, 0) is 32.5 Å². The Balaban J connectivity index is 1.53. The highest BCUT2D eigenvalue weighted by Crippen LogP contribution is 2.26. The topological polar surface area (TPSA) is 95.0 Å². The van der Waals surface area contributed by atoms with Crippen LogP contribution in [0.15, 0.2) is 23.1 Å². The molecule has 148 valence electrons. The molecular weight excluding hydrogens is 368 g/mol. The summed E-state index contributed by atoms with van der Waals surface area (Å²) < 4.78 is 27.3. The van der Waals surface area contributed by atoms with Crippen molar-refractivity contribution < 1.29 is 23.1 Å². The van der Waals surface area contributed by atoms with Crippen molar-refractivity contribution in [3.63, 3.8) is 0 Å². The molecule has 1 fully saturated rings. The van der Waals surface area contributed by atoms with E-state index in [2.05, 4.69) is 0 Å². The van der Waals surface area contributed by atoms with E-state index in [-0.39, 0.29) is 12.3 Å². The van der Waals surface area contributed by atoms with Gasteiger partial charge in [0.2, 0.25) is 15.9 Å². The quantitative estimate of drug-likeness (QED) is 0.710. The lowest BCUT2D eigenvalue weighted by molar-refractivity contribution is -0.137. The Bertz CT molecular complexity index is 813. The van der Waals surface area contributed by atoms with E-state index in [1.54, 1.807) is 17.0 Å². The number of amides is 1. The van der Waals surface area contributed by atoms with Gasteiger partial charge in [-0.2, -0.15) is 4.31 Å². The number of aryl methyl sites for hydroxylation is 2. The Morgan fingerprint density at radius 3 is 2.33 bits per heavy atom. The SMILES string of the molecule is O=C(O)CCCCC(=O)N1CCN(S(=O)(=O)c2ccc3c(c2)CCC3)CC1. The molecule has 1 heterocycles. The summed E-state index contributed by atoms with van der Waals surface area (Å²) >= 11 is 0. The van der Waals surface area contributed by atoms with Crippen molar-refractivity contribution in [2.75, 3.05) is 26.2 Å². The van der Waals surface area contributed by atoms with Gasteiger partial charge in [-0.1, -0.05) is 6.07 Å². The third-order valence-electron chi connectivity index (χ3n) is 5.33. The molecule has 1 aliphatic heterocycles. The first-order valence-electron chi connectivity index (χ1n) is 9.49. The summed E-state index contributed by atoms with van der Waals surface area (Å²) in [5, 5.41) is 8.62. The first-order chi connectivity index (χ1) is 12.9. The number of fused-ring (bicyclic) bond motifs is 1. The van der Waals surface area contributed by atoms with Crippen molar-refractivity contribution in [2.24, 2.45) is 0 Å². The molecule has 0 radical (unpaired) electrons. The van der Waals surface area contributed by atoms with Gasteiger partial charge in [-0.25, -0.2) is 8.42 Å². The van der Waals surface area contributed by atoms with Crippen molar-refractivity contribution in [1.29, 1.82) is 0 Å². The van der Waals surface area contributed by atoms with Crippen LogP contribution >= 0.6 is 0 Å². The van der Waals surface area contributed by atoms with Gasteiger partial charge in [0.05, 0.1) is 4.90 Å². The van der Waals surface area contributed by atoms with Crippen LogP contribution in [0.2, 0.25) is 0 Å². The van der Waals surface area contributed by atoms with E-state index < -0.39 is 16.0 Å². The van der Waals surface area contributed by atoms with E-state index in [0.29, 0.717) is 50.3 Å². The lowest BCUT2D eigenvalue weighted by Crippen LogP contribution is -2.50. The first kappa shape index (κ1) is 19.8. The Labute approximate surface area is 160 Å². The van der Waals surface area contributed by atoms with Crippen LogP contribution in [-0.4, -0.2) is 60.8 Å². The number of carbonyl (C=O) groups is 2. The Hall–Kier alpha value is -1.93. The largest absolute Gasteiger partial charge is 0.481 e. The molecule has 0 atom stereocenters. The second-order valence-electron chi connectivity index (χ2n) is 7.17. The van der Waals surface area contributed by atoms with Gasteiger partial charge in [-0.15, -0.1) is 0 Å². The number of hydrogen-bond acceptors (Lipinski definition) is 4. The minimum atomic E-state index is -3.53. The van der Waals surface area contributed by atoms with Crippen molar-refractivity contribution in [3.05, 3.63) is 29.3 Å². The summed E-state index contributed by atoms with van der Waals surface area (Å²) in [6.07, 6.45) is 4.43. The maximum Gasteiger partial charge on any atom is 0.303 e. The number of piperazine rings is 1. The molecule has 0 bridgehead atoms. The van der Waals surface area contributed by atoms with Crippen LogP contribution in [0.25, 0.3) is 0 Å². The average molecular weight is 394 g/mol. The molecule has 0 saturated carbocycles. The summed E-state index contributed by atoms with van der Waals surface area (Å²) in [5.74, 6) is -0.886. The number of carbonyl (C=O) groups excluding carboxylic acids is 1. The molecule has 0 unspecified atom stereocenters. The zero-order valence-electron chi connectivity index (χ0n) is 15.4. The molecule has 0 spiro atoms. The number of sulfonamides is 1. The fourth-order valence-electron chi connectivity index (χ4n) is 3.75. The van der Waals surface area contributed by atoms with Gasteiger partial charge in [0.15, 0.2) is 0 Å². The second kappa shape index (κ2) is 8.39. The van der Waals surface area contributed by atoms with Crippen LogP contribution < -0.4 is 0 Å². The number of hydrogen-bond donors (Lipinski definition) is 1. The maximum absolute atomic E-state index is 12.9.